The third kappa shape index (κ3) is 6.34. The number of nitrogens with zero attached hydrogens (tertiary/aromatic N) is 2. The normalized spacial score (nSPS) is 15.8. The molecule has 1 aliphatic heterocycles. The maximum atomic E-state index is 13.3. The molecule has 1 aromatic carbocycles. The van der Waals surface area contributed by atoms with Crippen molar-refractivity contribution in [3.63, 3.8) is 0 Å². The summed E-state index contributed by atoms with van der Waals surface area (Å²) in [4.78, 5) is 29.6. The molecule has 31 heavy (non-hydrogen) atoms. The summed E-state index contributed by atoms with van der Waals surface area (Å²) in [7, 11) is 0. The number of hydrogen-bond acceptors (Lipinski definition) is 4. The Bertz CT molecular complexity index is 844. The van der Waals surface area contributed by atoms with Crippen molar-refractivity contribution < 1.29 is 18.7 Å². The van der Waals surface area contributed by atoms with Crippen LogP contribution in [0.2, 0.25) is 0 Å². The molecule has 1 unspecified atom stereocenters. The molecule has 1 fully saturated rings. The molecule has 1 atom stereocenters. The number of amides is 3. The Kier molecular flexibility index (Phi) is 8.12. The van der Waals surface area contributed by atoms with E-state index in [4.69, 9.17) is 9.15 Å². The summed E-state index contributed by atoms with van der Waals surface area (Å²) >= 11 is 0. The Morgan fingerprint density at radius 1 is 1.19 bits per heavy atom. The lowest BCUT2D eigenvalue weighted by molar-refractivity contribution is -0.134. The van der Waals surface area contributed by atoms with Crippen molar-refractivity contribution >= 4 is 17.6 Å². The van der Waals surface area contributed by atoms with E-state index in [1.165, 1.54) is 0 Å². The van der Waals surface area contributed by atoms with Gasteiger partial charge >= 0.3 is 6.03 Å². The van der Waals surface area contributed by atoms with Gasteiger partial charge in [-0.25, -0.2) is 4.79 Å². The number of rotatable bonds is 9. The van der Waals surface area contributed by atoms with Crippen LogP contribution in [0.5, 0.6) is 0 Å². The first-order valence-electron chi connectivity index (χ1n) is 11.0. The van der Waals surface area contributed by atoms with Gasteiger partial charge in [-0.2, -0.15) is 0 Å². The van der Waals surface area contributed by atoms with Gasteiger partial charge in [-0.05, 0) is 56.9 Å². The molecule has 0 saturated carbocycles. The van der Waals surface area contributed by atoms with Crippen LogP contribution in [-0.2, 0) is 22.5 Å². The third-order valence-corrected chi connectivity index (χ3v) is 5.56. The molecule has 0 spiro atoms. The van der Waals surface area contributed by atoms with Gasteiger partial charge in [0.25, 0.3) is 0 Å². The number of furan rings is 1. The highest BCUT2D eigenvalue weighted by molar-refractivity contribution is 5.93. The van der Waals surface area contributed by atoms with Crippen LogP contribution in [0, 0.1) is 0 Å². The van der Waals surface area contributed by atoms with E-state index in [9.17, 15) is 9.59 Å². The van der Waals surface area contributed by atoms with Crippen LogP contribution < -0.4 is 5.32 Å². The Hall–Kier alpha value is -2.80. The molecule has 0 radical (unpaired) electrons. The van der Waals surface area contributed by atoms with Crippen molar-refractivity contribution in [1.29, 1.82) is 0 Å². The van der Waals surface area contributed by atoms with Crippen molar-refractivity contribution in [2.45, 2.75) is 58.7 Å². The third-order valence-electron chi connectivity index (χ3n) is 5.56. The maximum Gasteiger partial charge on any atom is 0.322 e. The summed E-state index contributed by atoms with van der Waals surface area (Å²) in [6.07, 6.45) is 4.38. The van der Waals surface area contributed by atoms with Gasteiger partial charge in [0, 0.05) is 24.9 Å². The molecule has 3 amide bonds. The van der Waals surface area contributed by atoms with Gasteiger partial charge in [0.1, 0.15) is 12.3 Å². The second-order valence-electron chi connectivity index (χ2n) is 8.15. The predicted octanol–water partition coefficient (Wildman–Crippen LogP) is 4.29. The van der Waals surface area contributed by atoms with Gasteiger partial charge in [0.2, 0.25) is 5.91 Å². The molecule has 0 aliphatic carbocycles. The van der Waals surface area contributed by atoms with Crippen molar-refractivity contribution in [2.75, 3.05) is 25.0 Å². The minimum absolute atomic E-state index is 0.00871. The van der Waals surface area contributed by atoms with E-state index in [1.807, 2.05) is 57.2 Å². The summed E-state index contributed by atoms with van der Waals surface area (Å²) in [5.41, 5.74) is 1.84. The Morgan fingerprint density at radius 2 is 2.00 bits per heavy atom. The van der Waals surface area contributed by atoms with E-state index in [1.54, 1.807) is 16.1 Å². The molecule has 1 aliphatic rings. The lowest BCUT2D eigenvalue weighted by Crippen LogP contribution is -2.48. The summed E-state index contributed by atoms with van der Waals surface area (Å²) in [6, 6.07) is 11.0. The van der Waals surface area contributed by atoms with Crippen LogP contribution in [0.3, 0.4) is 0 Å². The van der Waals surface area contributed by atoms with Crippen LogP contribution >= 0.6 is 0 Å². The molecule has 7 nitrogen and oxygen atoms in total. The molecule has 168 valence electrons. The smallest absolute Gasteiger partial charge is 0.322 e. The minimum atomic E-state index is -0.278. The Morgan fingerprint density at radius 3 is 2.65 bits per heavy atom. The first-order chi connectivity index (χ1) is 15.0. The van der Waals surface area contributed by atoms with Crippen LogP contribution in [-0.4, -0.2) is 53.6 Å². The van der Waals surface area contributed by atoms with E-state index in [2.05, 4.69) is 5.32 Å². The van der Waals surface area contributed by atoms with Gasteiger partial charge < -0.3 is 24.3 Å². The fourth-order valence-corrected chi connectivity index (χ4v) is 3.75. The standard InChI is InChI=1S/C24H33N3O4/c1-4-19-9-5-6-12-22(19)25-24(29)27(18(2)3)17-23(28)26(15-20-10-7-13-30-20)16-21-11-8-14-31-21/h5-7,9-10,12-13,18,21H,4,8,11,14-17H2,1-3H3,(H,25,29). The summed E-state index contributed by atoms with van der Waals surface area (Å²) in [5.74, 6) is 0.586. The number of carbonyl (C=O) groups is 2. The van der Waals surface area contributed by atoms with Crippen LogP contribution in [0.15, 0.2) is 47.1 Å². The number of nitrogens with one attached hydrogen (secondary N) is 1. The number of aryl methyl sites for hydroxylation is 1. The van der Waals surface area contributed by atoms with Crippen molar-refractivity contribution in [1.82, 2.24) is 9.80 Å². The van der Waals surface area contributed by atoms with E-state index in [0.717, 1.165) is 37.1 Å². The first kappa shape index (κ1) is 22.9. The number of benzene rings is 1. The predicted molar refractivity (Wildman–Crippen MR) is 120 cm³/mol. The fraction of sp³-hybridized carbons (Fsp3) is 0.500. The van der Waals surface area contributed by atoms with Crippen LogP contribution in [0.4, 0.5) is 10.5 Å². The van der Waals surface area contributed by atoms with Gasteiger partial charge in [-0.3, -0.25) is 4.79 Å². The Labute approximate surface area is 184 Å². The van der Waals surface area contributed by atoms with Crippen molar-refractivity contribution in [3.8, 4) is 0 Å². The first-order valence-corrected chi connectivity index (χ1v) is 11.0. The highest BCUT2D eigenvalue weighted by Crippen LogP contribution is 2.18. The van der Waals surface area contributed by atoms with E-state index >= 15 is 0 Å². The number of para-hydroxylation sites is 1. The average molecular weight is 428 g/mol. The van der Waals surface area contributed by atoms with Gasteiger partial charge in [0.15, 0.2) is 0 Å². The maximum absolute atomic E-state index is 13.3. The highest BCUT2D eigenvalue weighted by atomic mass is 16.5. The Balaban J connectivity index is 1.70. The number of carbonyl (C=O) groups excluding carboxylic acids is 2. The molecule has 1 N–H and O–H groups in total. The lowest BCUT2D eigenvalue weighted by Gasteiger charge is -2.31. The van der Waals surface area contributed by atoms with E-state index in [-0.39, 0.29) is 30.6 Å². The number of anilines is 1. The lowest BCUT2D eigenvalue weighted by atomic mass is 10.1. The van der Waals surface area contributed by atoms with Crippen molar-refractivity contribution in [2.24, 2.45) is 0 Å². The second-order valence-corrected chi connectivity index (χ2v) is 8.15. The zero-order valence-corrected chi connectivity index (χ0v) is 18.7. The van der Waals surface area contributed by atoms with Crippen LogP contribution in [0.1, 0.15) is 44.9 Å². The summed E-state index contributed by atoms with van der Waals surface area (Å²) in [5, 5.41) is 2.98. The number of ether oxygens (including phenoxy) is 1. The monoisotopic (exact) mass is 427 g/mol. The molecule has 0 bridgehead atoms. The van der Waals surface area contributed by atoms with Gasteiger partial charge in [-0.1, -0.05) is 25.1 Å². The summed E-state index contributed by atoms with van der Waals surface area (Å²) in [6.45, 7) is 7.44. The SMILES string of the molecule is CCc1ccccc1NC(=O)N(CC(=O)N(Cc1ccco1)CC1CCCO1)C(C)C. The molecule has 3 rings (SSSR count). The highest BCUT2D eigenvalue weighted by Gasteiger charge is 2.27. The minimum Gasteiger partial charge on any atom is -0.467 e. The molecular formula is C24H33N3O4. The zero-order chi connectivity index (χ0) is 22.2. The molecule has 2 aromatic rings. The molecule has 1 aromatic heterocycles. The molecule has 7 heteroatoms. The van der Waals surface area contributed by atoms with E-state index < -0.39 is 0 Å². The van der Waals surface area contributed by atoms with Crippen LogP contribution in [0.25, 0.3) is 0 Å². The molecule has 1 saturated heterocycles. The fourth-order valence-electron chi connectivity index (χ4n) is 3.75. The summed E-state index contributed by atoms with van der Waals surface area (Å²) < 4.78 is 11.2. The van der Waals surface area contributed by atoms with Crippen molar-refractivity contribution in [3.05, 3.63) is 54.0 Å². The second kappa shape index (κ2) is 11.0. The topological polar surface area (TPSA) is 75.0 Å². The van der Waals surface area contributed by atoms with E-state index in [0.29, 0.717) is 18.8 Å². The zero-order valence-electron chi connectivity index (χ0n) is 18.7. The largest absolute Gasteiger partial charge is 0.467 e. The number of hydrogen-bond donors (Lipinski definition) is 1. The number of urea groups is 1. The van der Waals surface area contributed by atoms with Gasteiger partial charge in [0.05, 0.1) is 18.9 Å². The average Bonchev–Trinajstić information content (AvgIpc) is 3.45. The van der Waals surface area contributed by atoms with Gasteiger partial charge in [-0.15, -0.1) is 0 Å². The molecule has 2 heterocycles. The molecular weight excluding hydrogens is 394 g/mol. The quantitative estimate of drug-likeness (QED) is 0.648.